The van der Waals surface area contributed by atoms with Crippen molar-refractivity contribution in [2.24, 2.45) is 0 Å². The molecular formula is C17H10BrN3. The minimum absolute atomic E-state index is 0.173. The van der Waals surface area contributed by atoms with Gasteiger partial charge >= 0.3 is 0 Å². The van der Waals surface area contributed by atoms with Gasteiger partial charge in [0, 0.05) is 15.6 Å². The van der Waals surface area contributed by atoms with Gasteiger partial charge in [-0.1, -0.05) is 58.4 Å². The van der Waals surface area contributed by atoms with Gasteiger partial charge in [-0.15, -0.1) is 0 Å². The van der Waals surface area contributed by atoms with Gasteiger partial charge in [0.15, 0.2) is 0 Å². The minimum Gasteiger partial charge on any atom is -0.219 e. The molecule has 3 nitrogen and oxygen atoms in total. The quantitative estimate of drug-likeness (QED) is 0.695. The lowest BCUT2D eigenvalue weighted by Gasteiger charge is -2.06. The molecule has 0 fully saturated rings. The Bertz CT molecular complexity index is 823. The zero-order valence-electron chi connectivity index (χ0n) is 11.0. The fourth-order valence-corrected chi connectivity index (χ4v) is 2.45. The van der Waals surface area contributed by atoms with Crippen molar-refractivity contribution in [3.63, 3.8) is 0 Å². The summed E-state index contributed by atoms with van der Waals surface area (Å²) in [6.45, 7) is 0. The lowest BCUT2D eigenvalue weighted by molar-refractivity contribution is 1.12. The van der Waals surface area contributed by atoms with Crippen molar-refractivity contribution in [2.45, 2.75) is 0 Å². The van der Waals surface area contributed by atoms with Crippen LogP contribution in [0.2, 0.25) is 0 Å². The van der Waals surface area contributed by atoms with Gasteiger partial charge < -0.3 is 0 Å². The Morgan fingerprint density at radius 1 is 0.810 bits per heavy atom. The smallest absolute Gasteiger partial charge is 0.219 e. The van der Waals surface area contributed by atoms with E-state index in [9.17, 15) is 0 Å². The van der Waals surface area contributed by atoms with Crippen molar-refractivity contribution in [1.82, 2.24) is 9.97 Å². The van der Waals surface area contributed by atoms with Gasteiger partial charge in [0.2, 0.25) is 5.82 Å². The highest BCUT2D eigenvalue weighted by molar-refractivity contribution is 9.10. The van der Waals surface area contributed by atoms with Gasteiger partial charge in [0.1, 0.15) is 6.07 Å². The lowest BCUT2D eigenvalue weighted by atomic mass is 10.1. The van der Waals surface area contributed by atoms with Crippen LogP contribution < -0.4 is 0 Å². The van der Waals surface area contributed by atoms with E-state index in [0.29, 0.717) is 0 Å². The first-order valence-electron chi connectivity index (χ1n) is 6.37. The molecule has 1 heterocycles. The highest BCUT2D eigenvalue weighted by Crippen LogP contribution is 2.25. The summed E-state index contributed by atoms with van der Waals surface area (Å²) in [4.78, 5) is 8.58. The molecule has 2 aromatic carbocycles. The summed E-state index contributed by atoms with van der Waals surface area (Å²) in [5, 5.41) is 9.15. The molecule has 1 aromatic heterocycles. The highest BCUT2D eigenvalue weighted by atomic mass is 79.9. The van der Waals surface area contributed by atoms with Crippen LogP contribution in [0, 0.1) is 11.3 Å². The van der Waals surface area contributed by atoms with Crippen LogP contribution in [0.4, 0.5) is 0 Å². The van der Waals surface area contributed by atoms with Crippen molar-refractivity contribution in [3.8, 4) is 28.6 Å². The van der Waals surface area contributed by atoms with Crippen molar-refractivity contribution < 1.29 is 0 Å². The molecule has 3 rings (SSSR count). The fraction of sp³-hybridized carbons (Fsp3) is 0. The first-order chi connectivity index (χ1) is 10.3. The molecule has 0 amide bonds. The van der Waals surface area contributed by atoms with Gasteiger partial charge in [0.25, 0.3) is 0 Å². The molecule has 0 aliphatic carbocycles. The van der Waals surface area contributed by atoms with Gasteiger partial charge in [-0.05, 0) is 18.2 Å². The van der Waals surface area contributed by atoms with E-state index in [1.807, 2.05) is 66.7 Å². The molecular weight excluding hydrogens is 326 g/mol. The van der Waals surface area contributed by atoms with Crippen LogP contribution >= 0.6 is 15.9 Å². The molecule has 4 heteroatoms. The number of hydrogen-bond acceptors (Lipinski definition) is 3. The normalized spacial score (nSPS) is 10.1. The summed E-state index contributed by atoms with van der Waals surface area (Å²) in [5.41, 5.74) is 3.40. The Kier molecular flexibility index (Phi) is 3.76. The monoisotopic (exact) mass is 335 g/mol. The number of hydrogen-bond donors (Lipinski definition) is 0. The third-order valence-electron chi connectivity index (χ3n) is 3.02. The van der Waals surface area contributed by atoms with Crippen LogP contribution in [0.3, 0.4) is 0 Å². The Morgan fingerprint density at radius 3 is 2.14 bits per heavy atom. The van der Waals surface area contributed by atoms with Crippen molar-refractivity contribution in [2.75, 3.05) is 0 Å². The second-order valence-corrected chi connectivity index (χ2v) is 5.37. The van der Waals surface area contributed by atoms with Crippen LogP contribution in [-0.4, -0.2) is 9.97 Å². The molecule has 21 heavy (non-hydrogen) atoms. The third kappa shape index (κ3) is 2.99. The molecule has 0 bridgehead atoms. The van der Waals surface area contributed by atoms with E-state index in [2.05, 4.69) is 25.9 Å². The summed E-state index contributed by atoms with van der Waals surface area (Å²) in [6.07, 6.45) is 0. The zero-order chi connectivity index (χ0) is 14.7. The van der Waals surface area contributed by atoms with E-state index >= 15 is 0 Å². The Hall–Kier alpha value is -2.51. The van der Waals surface area contributed by atoms with E-state index < -0.39 is 0 Å². The predicted octanol–water partition coefficient (Wildman–Crippen LogP) is 4.44. The number of halogens is 1. The van der Waals surface area contributed by atoms with E-state index in [4.69, 9.17) is 5.26 Å². The summed E-state index contributed by atoms with van der Waals surface area (Å²) >= 11 is 3.45. The van der Waals surface area contributed by atoms with Crippen LogP contribution in [0.1, 0.15) is 5.82 Å². The number of nitrogens with zero attached hydrogens (tertiary/aromatic N) is 3. The Morgan fingerprint density at radius 2 is 1.48 bits per heavy atom. The fourth-order valence-electron chi connectivity index (χ4n) is 2.05. The van der Waals surface area contributed by atoms with Crippen molar-refractivity contribution >= 4 is 15.9 Å². The molecule has 0 aliphatic rings. The van der Waals surface area contributed by atoms with Crippen molar-refractivity contribution in [3.05, 3.63) is 71.0 Å². The van der Waals surface area contributed by atoms with Gasteiger partial charge in [-0.2, -0.15) is 5.26 Å². The highest BCUT2D eigenvalue weighted by Gasteiger charge is 2.08. The molecule has 0 spiro atoms. The molecule has 0 atom stereocenters. The van der Waals surface area contributed by atoms with Crippen LogP contribution in [0.25, 0.3) is 22.5 Å². The maximum atomic E-state index is 9.15. The van der Waals surface area contributed by atoms with Gasteiger partial charge in [-0.25, -0.2) is 9.97 Å². The first kappa shape index (κ1) is 13.5. The Balaban J connectivity index is 2.17. The van der Waals surface area contributed by atoms with Crippen molar-refractivity contribution in [1.29, 1.82) is 5.26 Å². The zero-order valence-corrected chi connectivity index (χ0v) is 12.6. The molecule has 0 radical (unpaired) electrons. The molecule has 100 valence electrons. The number of rotatable bonds is 2. The topological polar surface area (TPSA) is 49.6 Å². The van der Waals surface area contributed by atoms with E-state index in [1.54, 1.807) is 0 Å². The van der Waals surface area contributed by atoms with E-state index in [-0.39, 0.29) is 5.82 Å². The number of aromatic nitrogens is 2. The number of benzene rings is 2. The molecule has 0 unspecified atom stereocenters. The summed E-state index contributed by atoms with van der Waals surface area (Å²) < 4.78 is 0.971. The molecule has 0 saturated heterocycles. The lowest BCUT2D eigenvalue weighted by Crippen LogP contribution is -1.95. The second kappa shape index (κ2) is 5.86. The maximum absolute atomic E-state index is 9.15. The summed E-state index contributed by atoms with van der Waals surface area (Å²) in [7, 11) is 0. The molecule has 0 N–H and O–H groups in total. The van der Waals surface area contributed by atoms with Gasteiger partial charge in [-0.3, -0.25) is 0 Å². The van der Waals surface area contributed by atoms with E-state index in [1.165, 1.54) is 0 Å². The summed E-state index contributed by atoms with van der Waals surface area (Å²) in [6, 6.07) is 21.5. The standard InChI is InChI=1S/C17H10BrN3/c18-14-8-4-7-13(9-14)16-10-15(20-17(11-19)21-16)12-5-2-1-3-6-12/h1-10H. The predicted molar refractivity (Wildman–Crippen MR) is 85.3 cm³/mol. The second-order valence-electron chi connectivity index (χ2n) is 4.45. The molecule has 3 aromatic rings. The van der Waals surface area contributed by atoms with Crippen LogP contribution in [-0.2, 0) is 0 Å². The first-order valence-corrected chi connectivity index (χ1v) is 7.16. The molecule has 0 aliphatic heterocycles. The average molecular weight is 336 g/mol. The SMILES string of the molecule is N#Cc1nc(-c2ccccc2)cc(-c2cccc(Br)c2)n1. The average Bonchev–Trinajstić information content (AvgIpc) is 2.55. The molecule has 0 saturated carbocycles. The summed E-state index contributed by atoms with van der Waals surface area (Å²) in [5.74, 6) is 0.173. The maximum Gasteiger partial charge on any atom is 0.233 e. The third-order valence-corrected chi connectivity index (χ3v) is 3.51. The number of nitriles is 1. The minimum atomic E-state index is 0.173. The van der Waals surface area contributed by atoms with Crippen LogP contribution in [0.15, 0.2) is 65.1 Å². The van der Waals surface area contributed by atoms with Gasteiger partial charge in [0.05, 0.1) is 11.4 Å². The van der Waals surface area contributed by atoms with Crippen LogP contribution in [0.5, 0.6) is 0 Å². The largest absolute Gasteiger partial charge is 0.233 e. The Labute approximate surface area is 131 Å². The van der Waals surface area contributed by atoms with E-state index in [0.717, 1.165) is 27.0 Å².